The fourth-order valence-corrected chi connectivity index (χ4v) is 6.13. The van der Waals surface area contributed by atoms with Crippen LogP contribution in [0.25, 0.3) is 0 Å². The minimum Gasteiger partial charge on any atom is -0.497 e. The van der Waals surface area contributed by atoms with E-state index < -0.39 is 10.0 Å². The molecule has 4 rings (SSSR count). The number of rotatable bonds is 6. The lowest BCUT2D eigenvalue weighted by atomic mass is 10.0. The number of aromatic nitrogens is 2. The Bertz CT molecular complexity index is 1210. The second-order valence-corrected chi connectivity index (χ2v) is 10.6. The number of hydrogen-bond acceptors (Lipinski definition) is 7. The number of ether oxygens (including phenoxy) is 1. The maximum absolute atomic E-state index is 13.1. The number of nitrogens with one attached hydrogen (secondary N) is 1. The summed E-state index contributed by atoms with van der Waals surface area (Å²) in [7, 11) is -2.00. The van der Waals surface area contributed by atoms with Gasteiger partial charge in [-0.25, -0.2) is 8.42 Å². The molecule has 32 heavy (non-hydrogen) atoms. The minimum atomic E-state index is -3.58. The highest BCUT2D eigenvalue weighted by atomic mass is 32.2. The Kier molecular flexibility index (Phi) is 6.54. The lowest BCUT2D eigenvalue weighted by molar-refractivity contribution is 0.102. The molecular weight excluding hydrogens is 448 g/mol. The maximum atomic E-state index is 13.1. The molecule has 0 radical (unpaired) electrons. The molecule has 1 amide bonds. The van der Waals surface area contributed by atoms with Gasteiger partial charge in [-0.1, -0.05) is 23.5 Å². The Labute approximate surface area is 191 Å². The van der Waals surface area contributed by atoms with Crippen LogP contribution in [0, 0.1) is 6.92 Å². The van der Waals surface area contributed by atoms with Gasteiger partial charge in [0, 0.05) is 24.7 Å². The first kappa shape index (κ1) is 22.4. The number of hydrogen-bond donors (Lipinski definition) is 1. The van der Waals surface area contributed by atoms with Gasteiger partial charge >= 0.3 is 0 Å². The fraction of sp³-hybridized carbons (Fsp3) is 0.318. The Hall–Kier alpha value is -2.82. The third-order valence-electron chi connectivity index (χ3n) is 5.34. The minimum absolute atomic E-state index is 0.0941. The van der Waals surface area contributed by atoms with Gasteiger partial charge in [-0.2, -0.15) is 4.31 Å². The van der Waals surface area contributed by atoms with E-state index in [1.165, 1.54) is 15.6 Å². The molecule has 1 fully saturated rings. The SMILES string of the molecule is COc1ccc(NC(=O)c2nnc(C3CCCN(S(=O)(=O)c4cccc(C)c4)C3)s2)cc1. The molecule has 0 bridgehead atoms. The first-order valence-corrected chi connectivity index (χ1v) is 12.5. The van der Waals surface area contributed by atoms with Crippen molar-refractivity contribution in [2.45, 2.75) is 30.6 Å². The van der Waals surface area contributed by atoms with Crippen LogP contribution in [0.1, 0.15) is 39.1 Å². The van der Waals surface area contributed by atoms with Gasteiger partial charge in [-0.15, -0.1) is 10.2 Å². The lowest BCUT2D eigenvalue weighted by Gasteiger charge is -2.30. The first-order chi connectivity index (χ1) is 15.4. The maximum Gasteiger partial charge on any atom is 0.286 e. The van der Waals surface area contributed by atoms with Gasteiger partial charge < -0.3 is 10.1 Å². The van der Waals surface area contributed by atoms with Crippen LogP contribution in [0.15, 0.2) is 53.4 Å². The molecule has 1 aliphatic rings. The van der Waals surface area contributed by atoms with Crippen LogP contribution < -0.4 is 10.1 Å². The molecule has 168 valence electrons. The fourth-order valence-electron chi connectivity index (χ4n) is 3.64. The van der Waals surface area contributed by atoms with E-state index in [-0.39, 0.29) is 16.8 Å². The van der Waals surface area contributed by atoms with E-state index in [4.69, 9.17) is 4.74 Å². The van der Waals surface area contributed by atoms with Gasteiger partial charge in [-0.05, 0) is 61.7 Å². The second kappa shape index (κ2) is 9.35. The normalized spacial score (nSPS) is 17.1. The van der Waals surface area contributed by atoms with E-state index >= 15 is 0 Å². The number of anilines is 1. The molecule has 2 heterocycles. The van der Waals surface area contributed by atoms with E-state index in [0.717, 1.165) is 18.4 Å². The van der Waals surface area contributed by atoms with Crippen molar-refractivity contribution < 1.29 is 17.9 Å². The van der Waals surface area contributed by atoms with Crippen molar-refractivity contribution >= 4 is 33.0 Å². The summed E-state index contributed by atoms with van der Waals surface area (Å²) in [5.41, 5.74) is 1.52. The smallest absolute Gasteiger partial charge is 0.286 e. The number of benzene rings is 2. The van der Waals surface area contributed by atoms with Gasteiger partial charge in [0.15, 0.2) is 0 Å². The van der Waals surface area contributed by atoms with Gasteiger partial charge in [0.1, 0.15) is 10.8 Å². The third-order valence-corrected chi connectivity index (χ3v) is 8.29. The third kappa shape index (κ3) is 4.82. The molecule has 3 aromatic rings. The number of methoxy groups -OCH3 is 1. The summed E-state index contributed by atoms with van der Waals surface area (Å²) in [6, 6.07) is 13.9. The summed E-state index contributed by atoms with van der Waals surface area (Å²) in [5, 5.41) is 12.0. The summed E-state index contributed by atoms with van der Waals surface area (Å²) in [6.07, 6.45) is 1.53. The van der Waals surface area contributed by atoms with Gasteiger partial charge in [0.2, 0.25) is 15.0 Å². The van der Waals surface area contributed by atoms with Crippen LogP contribution in [0.2, 0.25) is 0 Å². The van der Waals surface area contributed by atoms with E-state index in [9.17, 15) is 13.2 Å². The Morgan fingerprint density at radius 2 is 1.97 bits per heavy atom. The number of nitrogens with zero attached hydrogens (tertiary/aromatic N) is 3. The molecule has 10 heteroatoms. The van der Waals surface area contributed by atoms with Gasteiger partial charge in [-0.3, -0.25) is 4.79 Å². The highest BCUT2D eigenvalue weighted by Crippen LogP contribution is 2.32. The molecule has 1 unspecified atom stereocenters. The number of aryl methyl sites for hydroxylation is 1. The summed E-state index contributed by atoms with van der Waals surface area (Å²) >= 11 is 1.20. The summed E-state index contributed by atoms with van der Waals surface area (Å²) < 4.78 is 32.8. The van der Waals surface area contributed by atoms with E-state index in [2.05, 4.69) is 15.5 Å². The number of carbonyl (C=O) groups is 1. The molecule has 0 spiro atoms. The largest absolute Gasteiger partial charge is 0.497 e. The van der Waals surface area contributed by atoms with Crippen molar-refractivity contribution in [2.75, 3.05) is 25.5 Å². The summed E-state index contributed by atoms with van der Waals surface area (Å²) in [6.45, 7) is 2.67. The Morgan fingerprint density at radius 3 is 2.69 bits per heavy atom. The zero-order chi connectivity index (χ0) is 22.7. The molecular formula is C22H24N4O4S2. The van der Waals surface area contributed by atoms with Crippen LogP contribution in [0.5, 0.6) is 5.75 Å². The van der Waals surface area contributed by atoms with E-state index in [1.807, 2.05) is 13.0 Å². The Balaban J connectivity index is 1.45. The van der Waals surface area contributed by atoms with E-state index in [1.54, 1.807) is 49.6 Å². The van der Waals surface area contributed by atoms with Crippen molar-refractivity contribution in [3.8, 4) is 5.75 Å². The molecule has 1 atom stereocenters. The van der Waals surface area contributed by atoms with Gasteiger partial charge in [0.05, 0.1) is 12.0 Å². The van der Waals surface area contributed by atoms with E-state index in [0.29, 0.717) is 34.4 Å². The van der Waals surface area contributed by atoms with Crippen molar-refractivity contribution in [1.82, 2.24) is 14.5 Å². The first-order valence-electron chi connectivity index (χ1n) is 10.2. The number of piperidine rings is 1. The topological polar surface area (TPSA) is 101 Å². The summed E-state index contributed by atoms with van der Waals surface area (Å²) in [4.78, 5) is 12.9. The second-order valence-electron chi connectivity index (χ2n) is 7.65. The van der Waals surface area contributed by atoms with Crippen LogP contribution in [-0.4, -0.2) is 49.0 Å². The Morgan fingerprint density at radius 1 is 1.19 bits per heavy atom. The average Bonchev–Trinajstić information content (AvgIpc) is 3.30. The highest BCUT2D eigenvalue weighted by Gasteiger charge is 2.32. The number of carbonyl (C=O) groups excluding carboxylic acids is 1. The lowest BCUT2D eigenvalue weighted by Crippen LogP contribution is -2.39. The molecule has 1 aromatic heterocycles. The molecule has 2 aromatic carbocycles. The zero-order valence-corrected chi connectivity index (χ0v) is 19.4. The predicted octanol–water partition coefficient (Wildman–Crippen LogP) is 3.68. The molecule has 0 aliphatic carbocycles. The van der Waals surface area contributed by atoms with Crippen LogP contribution in [-0.2, 0) is 10.0 Å². The van der Waals surface area contributed by atoms with Crippen molar-refractivity contribution in [3.05, 3.63) is 64.1 Å². The van der Waals surface area contributed by atoms with Gasteiger partial charge in [0.25, 0.3) is 5.91 Å². The van der Waals surface area contributed by atoms with Crippen LogP contribution >= 0.6 is 11.3 Å². The van der Waals surface area contributed by atoms with Crippen LogP contribution in [0.3, 0.4) is 0 Å². The monoisotopic (exact) mass is 472 g/mol. The molecule has 1 saturated heterocycles. The van der Waals surface area contributed by atoms with Crippen molar-refractivity contribution in [2.24, 2.45) is 0 Å². The predicted molar refractivity (Wildman–Crippen MR) is 123 cm³/mol. The number of sulfonamides is 1. The van der Waals surface area contributed by atoms with Crippen molar-refractivity contribution in [1.29, 1.82) is 0 Å². The number of amides is 1. The quantitative estimate of drug-likeness (QED) is 0.587. The van der Waals surface area contributed by atoms with Crippen LogP contribution in [0.4, 0.5) is 5.69 Å². The highest BCUT2D eigenvalue weighted by molar-refractivity contribution is 7.89. The zero-order valence-electron chi connectivity index (χ0n) is 17.8. The molecule has 1 N–H and O–H groups in total. The molecule has 1 aliphatic heterocycles. The average molecular weight is 473 g/mol. The summed E-state index contributed by atoms with van der Waals surface area (Å²) in [5.74, 6) is 0.256. The molecule has 0 saturated carbocycles. The standard InChI is InChI=1S/C22H24N4O4S2/c1-15-5-3-7-19(13-15)32(28,29)26-12-4-6-16(14-26)21-24-25-22(31-21)20(27)23-17-8-10-18(30-2)11-9-17/h3,5,7-11,13,16H,4,6,12,14H2,1-2H3,(H,23,27). The van der Waals surface area contributed by atoms with Crippen molar-refractivity contribution in [3.63, 3.8) is 0 Å². The molecule has 8 nitrogen and oxygen atoms in total.